The first kappa shape index (κ1) is 15.1. The molecule has 2 N–H and O–H groups in total. The van der Waals surface area contributed by atoms with Crippen LogP contribution in [0.5, 0.6) is 0 Å². The topological polar surface area (TPSA) is 68.2 Å². The smallest absolute Gasteiger partial charge is 0.241 e. The van der Waals surface area contributed by atoms with Gasteiger partial charge in [-0.1, -0.05) is 24.3 Å². The van der Waals surface area contributed by atoms with Gasteiger partial charge in [-0.2, -0.15) is 5.10 Å². The number of rotatable bonds is 7. The second-order valence-electron chi connectivity index (χ2n) is 4.71. The van der Waals surface area contributed by atoms with E-state index in [4.69, 9.17) is 4.74 Å². The van der Waals surface area contributed by atoms with E-state index in [1.807, 2.05) is 18.3 Å². The number of likely N-dealkylation sites (N-methyl/N-ethyl adjacent to an activating group) is 1. The molecule has 0 bridgehead atoms. The molecule has 1 heterocycles. The fraction of sp³-hybridized carbons (Fsp3) is 0.333. The molecular formula is C15H20N4O2. The fourth-order valence-corrected chi connectivity index (χ4v) is 1.97. The van der Waals surface area contributed by atoms with Gasteiger partial charge in [0, 0.05) is 26.9 Å². The van der Waals surface area contributed by atoms with E-state index in [2.05, 4.69) is 27.9 Å². The average molecular weight is 288 g/mol. The largest absolute Gasteiger partial charge is 0.380 e. The first-order valence-corrected chi connectivity index (χ1v) is 6.75. The summed E-state index contributed by atoms with van der Waals surface area (Å²) in [5.74, 6) is -0.0723. The quantitative estimate of drug-likeness (QED) is 0.808. The number of hydrogen-bond donors (Lipinski definition) is 2. The molecule has 0 saturated heterocycles. The third-order valence-corrected chi connectivity index (χ3v) is 3.02. The van der Waals surface area contributed by atoms with Gasteiger partial charge in [0.2, 0.25) is 5.91 Å². The van der Waals surface area contributed by atoms with Gasteiger partial charge in [-0.25, -0.2) is 0 Å². The van der Waals surface area contributed by atoms with Gasteiger partial charge in [0.25, 0.3) is 0 Å². The maximum Gasteiger partial charge on any atom is 0.241 e. The number of methoxy groups -OCH3 is 1. The summed E-state index contributed by atoms with van der Waals surface area (Å²) in [5.41, 5.74) is 3.20. The lowest BCUT2D eigenvalue weighted by Crippen LogP contribution is -2.23. The number of nitrogens with one attached hydrogen (secondary N) is 2. The van der Waals surface area contributed by atoms with Gasteiger partial charge in [0.15, 0.2) is 0 Å². The summed E-state index contributed by atoms with van der Waals surface area (Å²) in [6.45, 7) is 1.53. The second kappa shape index (κ2) is 7.44. The van der Waals surface area contributed by atoms with Crippen molar-refractivity contribution in [3.8, 4) is 0 Å². The van der Waals surface area contributed by atoms with Crippen LogP contribution in [-0.4, -0.2) is 29.8 Å². The number of carbonyl (C=O) groups is 1. The van der Waals surface area contributed by atoms with Crippen molar-refractivity contribution in [2.75, 3.05) is 19.5 Å². The summed E-state index contributed by atoms with van der Waals surface area (Å²) in [4.78, 5) is 11.3. The number of benzene rings is 1. The Kier molecular flexibility index (Phi) is 5.34. The highest BCUT2D eigenvalue weighted by atomic mass is 16.5. The number of nitrogens with zero attached hydrogens (tertiary/aromatic N) is 2. The maximum absolute atomic E-state index is 11.3. The van der Waals surface area contributed by atoms with Gasteiger partial charge in [-0.3, -0.25) is 9.48 Å². The minimum atomic E-state index is -0.0723. The molecule has 2 rings (SSSR count). The normalized spacial score (nSPS) is 10.4. The summed E-state index contributed by atoms with van der Waals surface area (Å²) in [6, 6.07) is 8.21. The number of anilines is 1. The van der Waals surface area contributed by atoms with Crippen molar-refractivity contribution in [1.29, 1.82) is 0 Å². The lowest BCUT2D eigenvalue weighted by molar-refractivity contribution is -0.121. The first-order valence-electron chi connectivity index (χ1n) is 6.75. The van der Waals surface area contributed by atoms with Gasteiger partial charge in [0.1, 0.15) is 6.54 Å². The van der Waals surface area contributed by atoms with Crippen LogP contribution in [0.2, 0.25) is 0 Å². The molecule has 1 amide bonds. The van der Waals surface area contributed by atoms with Crippen LogP contribution >= 0.6 is 0 Å². The van der Waals surface area contributed by atoms with Gasteiger partial charge in [-0.15, -0.1) is 0 Å². The molecule has 0 radical (unpaired) electrons. The van der Waals surface area contributed by atoms with Crippen molar-refractivity contribution in [3.63, 3.8) is 0 Å². The molecule has 6 heteroatoms. The lowest BCUT2D eigenvalue weighted by Gasteiger charge is -2.06. The van der Waals surface area contributed by atoms with Gasteiger partial charge in [0.05, 0.1) is 18.5 Å². The summed E-state index contributed by atoms with van der Waals surface area (Å²) < 4.78 is 6.72. The molecule has 112 valence electrons. The molecule has 0 spiro atoms. The average Bonchev–Trinajstić information content (AvgIpc) is 2.93. The molecule has 6 nitrogen and oxygen atoms in total. The molecule has 0 fully saturated rings. The molecule has 2 aromatic rings. The van der Waals surface area contributed by atoms with E-state index < -0.39 is 0 Å². The Morgan fingerprint density at radius 2 is 2.19 bits per heavy atom. The predicted molar refractivity (Wildman–Crippen MR) is 80.8 cm³/mol. The van der Waals surface area contributed by atoms with Crippen molar-refractivity contribution in [3.05, 3.63) is 47.8 Å². The highest BCUT2D eigenvalue weighted by Crippen LogP contribution is 2.10. The standard InChI is InChI=1S/C15H20N4O2/c1-16-15(20)10-19-9-14(8-18-19)17-7-12-4-3-5-13(6-12)11-21-2/h3-6,8-9,17H,7,10-11H2,1-2H3,(H,16,20). The van der Waals surface area contributed by atoms with E-state index in [1.54, 1.807) is 25.0 Å². The van der Waals surface area contributed by atoms with Crippen LogP contribution in [0.15, 0.2) is 36.7 Å². The van der Waals surface area contributed by atoms with Crippen molar-refractivity contribution in [2.45, 2.75) is 19.7 Å². The zero-order chi connectivity index (χ0) is 15.1. The lowest BCUT2D eigenvalue weighted by atomic mass is 10.1. The van der Waals surface area contributed by atoms with Crippen LogP contribution in [0.1, 0.15) is 11.1 Å². The van der Waals surface area contributed by atoms with Crippen molar-refractivity contribution < 1.29 is 9.53 Å². The fourth-order valence-electron chi connectivity index (χ4n) is 1.97. The predicted octanol–water partition coefficient (Wildman–Crippen LogP) is 1.39. The highest BCUT2D eigenvalue weighted by Gasteiger charge is 2.03. The molecule has 0 atom stereocenters. The maximum atomic E-state index is 11.3. The Morgan fingerprint density at radius 1 is 1.38 bits per heavy atom. The minimum absolute atomic E-state index is 0.0723. The van der Waals surface area contributed by atoms with Crippen molar-refractivity contribution >= 4 is 11.6 Å². The Balaban J connectivity index is 1.91. The van der Waals surface area contributed by atoms with E-state index in [0.29, 0.717) is 13.2 Å². The molecule has 21 heavy (non-hydrogen) atoms. The van der Waals surface area contributed by atoms with Crippen LogP contribution in [0.4, 0.5) is 5.69 Å². The number of carbonyl (C=O) groups excluding carboxylic acids is 1. The number of ether oxygens (including phenoxy) is 1. The van der Waals surface area contributed by atoms with Crippen LogP contribution in [0, 0.1) is 0 Å². The van der Waals surface area contributed by atoms with Gasteiger partial charge in [-0.05, 0) is 11.1 Å². The second-order valence-corrected chi connectivity index (χ2v) is 4.71. The van der Waals surface area contributed by atoms with Crippen LogP contribution in [0.25, 0.3) is 0 Å². The number of hydrogen-bond acceptors (Lipinski definition) is 4. The third kappa shape index (κ3) is 4.61. The highest BCUT2D eigenvalue weighted by molar-refractivity contribution is 5.75. The first-order chi connectivity index (χ1) is 10.2. The monoisotopic (exact) mass is 288 g/mol. The Labute approximate surface area is 124 Å². The summed E-state index contributed by atoms with van der Waals surface area (Å²) in [5, 5.41) is 9.99. The van der Waals surface area contributed by atoms with E-state index >= 15 is 0 Å². The number of aromatic nitrogens is 2. The summed E-state index contributed by atoms with van der Waals surface area (Å²) in [6.07, 6.45) is 3.52. The molecule has 1 aromatic heterocycles. The summed E-state index contributed by atoms with van der Waals surface area (Å²) in [7, 11) is 3.30. The zero-order valence-corrected chi connectivity index (χ0v) is 12.3. The molecule has 1 aromatic carbocycles. The molecule has 0 aliphatic rings. The van der Waals surface area contributed by atoms with E-state index in [1.165, 1.54) is 5.56 Å². The SMILES string of the molecule is CNC(=O)Cn1cc(NCc2cccc(COC)c2)cn1. The van der Waals surface area contributed by atoms with Crippen LogP contribution < -0.4 is 10.6 Å². The van der Waals surface area contributed by atoms with E-state index in [9.17, 15) is 4.79 Å². The van der Waals surface area contributed by atoms with Crippen molar-refractivity contribution in [2.24, 2.45) is 0 Å². The molecule has 0 unspecified atom stereocenters. The molecule has 0 saturated carbocycles. The molecular weight excluding hydrogens is 268 g/mol. The molecule has 0 aliphatic carbocycles. The Hall–Kier alpha value is -2.34. The van der Waals surface area contributed by atoms with Crippen LogP contribution in [-0.2, 0) is 29.2 Å². The van der Waals surface area contributed by atoms with E-state index in [-0.39, 0.29) is 12.5 Å². The summed E-state index contributed by atoms with van der Waals surface area (Å²) >= 11 is 0. The Morgan fingerprint density at radius 3 is 2.95 bits per heavy atom. The number of amides is 1. The minimum Gasteiger partial charge on any atom is -0.380 e. The zero-order valence-electron chi connectivity index (χ0n) is 12.3. The van der Waals surface area contributed by atoms with E-state index in [0.717, 1.165) is 11.3 Å². The van der Waals surface area contributed by atoms with Gasteiger partial charge < -0.3 is 15.4 Å². The molecule has 0 aliphatic heterocycles. The van der Waals surface area contributed by atoms with Crippen LogP contribution in [0.3, 0.4) is 0 Å². The Bertz CT molecular complexity index is 595. The van der Waals surface area contributed by atoms with Gasteiger partial charge >= 0.3 is 0 Å². The van der Waals surface area contributed by atoms with Crippen molar-refractivity contribution in [1.82, 2.24) is 15.1 Å². The third-order valence-electron chi connectivity index (χ3n) is 3.02.